The van der Waals surface area contributed by atoms with Crippen LogP contribution in [0.15, 0.2) is 57.9 Å². The Labute approximate surface area is 218 Å². The van der Waals surface area contributed by atoms with Gasteiger partial charge in [-0.1, -0.05) is 41.9 Å². The highest BCUT2D eigenvalue weighted by Crippen LogP contribution is 2.19. The molecule has 1 unspecified atom stereocenters. The van der Waals surface area contributed by atoms with Gasteiger partial charge in [-0.15, -0.1) is 0 Å². The summed E-state index contributed by atoms with van der Waals surface area (Å²) in [7, 11) is -3.79. The SMILES string of the molecule is CC(C)C(NC(=O)c1cccc(S(=O)(=O)N2CCOCC2)c1)C(=O)OCC(=O)Nc1cccc(Br)c1. The second-order valence-corrected chi connectivity index (χ2v) is 11.3. The maximum absolute atomic E-state index is 12.9. The molecule has 0 bridgehead atoms. The van der Waals surface area contributed by atoms with Crippen LogP contribution in [0.5, 0.6) is 0 Å². The Morgan fingerprint density at radius 3 is 2.44 bits per heavy atom. The maximum Gasteiger partial charge on any atom is 0.329 e. The van der Waals surface area contributed by atoms with Crippen LogP contribution in [-0.4, -0.2) is 69.5 Å². The average molecular weight is 582 g/mol. The molecule has 36 heavy (non-hydrogen) atoms. The lowest BCUT2D eigenvalue weighted by atomic mass is 10.0. The molecule has 0 aromatic heterocycles. The van der Waals surface area contributed by atoms with Gasteiger partial charge in [-0.25, -0.2) is 13.2 Å². The monoisotopic (exact) mass is 581 g/mol. The number of sulfonamides is 1. The Bertz CT molecular complexity index is 1210. The number of carbonyl (C=O) groups excluding carboxylic acids is 3. The molecule has 2 aromatic carbocycles. The molecule has 1 heterocycles. The quantitative estimate of drug-likeness (QED) is 0.435. The molecule has 0 aliphatic carbocycles. The van der Waals surface area contributed by atoms with E-state index in [-0.39, 0.29) is 29.5 Å². The van der Waals surface area contributed by atoms with Gasteiger partial charge in [-0.2, -0.15) is 4.31 Å². The third-order valence-corrected chi connectivity index (χ3v) is 7.75. The van der Waals surface area contributed by atoms with Gasteiger partial charge < -0.3 is 20.1 Å². The Kier molecular flexibility index (Phi) is 9.60. The number of esters is 1. The summed E-state index contributed by atoms with van der Waals surface area (Å²) in [5.74, 6) is -2.30. The summed E-state index contributed by atoms with van der Waals surface area (Å²) < 4.78 is 38.3. The van der Waals surface area contributed by atoms with Crippen LogP contribution in [-0.2, 0) is 29.1 Å². The van der Waals surface area contributed by atoms with Gasteiger partial charge in [0.25, 0.3) is 11.8 Å². The molecule has 1 saturated heterocycles. The first-order chi connectivity index (χ1) is 17.1. The van der Waals surface area contributed by atoms with Crippen LogP contribution in [0.4, 0.5) is 5.69 Å². The van der Waals surface area contributed by atoms with Crippen molar-refractivity contribution in [2.24, 2.45) is 5.92 Å². The summed E-state index contributed by atoms with van der Waals surface area (Å²) in [6.45, 7) is 3.97. The van der Waals surface area contributed by atoms with Gasteiger partial charge in [0.1, 0.15) is 6.04 Å². The number of nitrogens with one attached hydrogen (secondary N) is 2. The van der Waals surface area contributed by atoms with Crippen molar-refractivity contribution in [1.29, 1.82) is 0 Å². The highest BCUT2D eigenvalue weighted by atomic mass is 79.9. The van der Waals surface area contributed by atoms with E-state index in [1.807, 2.05) is 0 Å². The van der Waals surface area contributed by atoms with Gasteiger partial charge in [-0.05, 0) is 42.3 Å². The lowest BCUT2D eigenvalue weighted by molar-refractivity contribution is -0.150. The Morgan fingerprint density at radius 2 is 1.78 bits per heavy atom. The van der Waals surface area contributed by atoms with Crippen molar-refractivity contribution >= 4 is 49.4 Å². The van der Waals surface area contributed by atoms with Crippen molar-refractivity contribution in [3.63, 3.8) is 0 Å². The number of benzene rings is 2. The normalized spacial score (nSPS) is 15.2. The molecule has 2 amide bonds. The first kappa shape index (κ1) is 27.8. The standard InChI is InChI=1S/C24H28BrN3O7S/c1-16(2)22(24(31)35-15-21(29)26-19-7-4-6-18(25)14-19)27-23(30)17-5-3-8-20(13-17)36(32,33)28-9-11-34-12-10-28/h3-8,13-14,16,22H,9-12,15H2,1-2H3,(H,26,29)(H,27,30). The van der Waals surface area contributed by atoms with E-state index in [2.05, 4.69) is 26.6 Å². The summed E-state index contributed by atoms with van der Waals surface area (Å²) in [4.78, 5) is 37.7. The van der Waals surface area contributed by atoms with E-state index >= 15 is 0 Å². The number of carbonyl (C=O) groups is 3. The highest BCUT2D eigenvalue weighted by Gasteiger charge is 2.29. The number of nitrogens with zero attached hydrogens (tertiary/aromatic N) is 1. The summed E-state index contributed by atoms with van der Waals surface area (Å²) >= 11 is 3.31. The summed E-state index contributed by atoms with van der Waals surface area (Å²) in [5.41, 5.74) is 0.612. The van der Waals surface area contributed by atoms with E-state index in [1.54, 1.807) is 38.1 Å². The molecule has 12 heteroatoms. The number of hydrogen-bond acceptors (Lipinski definition) is 7. The van der Waals surface area contributed by atoms with Crippen molar-refractivity contribution < 1.29 is 32.3 Å². The minimum atomic E-state index is -3.79. The zero-order valence-electron chi connectivity index (χ0n) is 19.9. The zero-order chi connectivity index (χ0) is 26.3. The minimum Gasteiger partial charge on any atom is -0.454 e. The van der Waals surface area contributed by atoms with E-state index < -0.39 is 40.5 Å². The predicted octanol–water partition coefficient (Wildman–Crippen LogP) is 2.41. The topological polar surface area (TPSA) is 131 Å². The van der Waals surface area contributed by atoms with Crippen LogP contribution < -0.4 is 10.6 Å². The molecule has 194 valence electrons. The van der Waals surface area contributed by atoms with Crippen molar-refractivity contribution in [3.8, 4) is 0 Å². The van der Waals surface area contributed by atoms with E-state index in [1.165, 1.54) is 28.6 Å². The fourth-order valence-electron chi connectivity index (χ4n) is 3.45. The fourth-order valence-corrected chi connectivity index (χ4v) is 5.30. The molecule has 2 N–H and O–H groups in total. The predicted molar refractivity (Wildman–Crippen MR) is 136 cm³/mol. The molecule has 1 aliphatic heterocycles. The molecule has 1 atom stereocenters. The largest absolute Gasteiger partial charge is 0.454 e. The second kappa shape index (κ2) is 12.4. The van der Waals surface area contributed by atoms with Crippen LogP contribution in [0.2, 0.25) is 0 Å². The van der Waals surface area contributed by atoms with Crippen LogP contribution in [0.1, 0.15) is 24.2 Å². The van der Waals surface area contributed by atoms with E-state index in [0.717, 1.165) is 4.47 Å². The Hall–Kier alpha value is -2.80. The molecule has 3 rings (SSSR count). The lowest BCUT2D eigenvalue weighted by Crippen LogP contribution is -2.46. The number of morpholine rings is 1. The second-order valence-electron chi connectivity index (χ2n) is 8.41. The van der Waals surface area contributed by atoms with Crippen molar-refractivity contribution in [1.82, 2.24) is 9.62 Å². The summed E-state index contributed by atoms with van der Waals surface area (Å²) in [6, 6.07) is 11.5. The molecule has 0 radical (unpaired) electrons. The number of amides is 2. The molecule has 1 fully saturated rings. The first-order valence-corrected chi connectivity index (χ1v) is 13.5. The van der Waals surface area contributed by atoms with Gasteiger partial charge in [0.15, 0.2) is 6.61 Å². The molecule has 2 aromatic rings. The number of ether oxygens (including phenoxy) is 2. The Morgan fingerprint density at radius 1 is 1.08 bits per heavy atom. The third-order valence-electron chi connectivity index (χ3n) is 5.37. The van der Waals surface area contributed by atoms with Crippen molar-refractivity contribution in [2.75, 3.05) is 38.2 Å². The highest BCUT2D eigenvalue weighted by molar-refractivity contribution is 9.10. The molecule has 0 saturated carbocycles. The number of anilines is 1. The van der Waals surface area contributed by atoms with Gasteiger partial charge in [-0.3, -0.25) is 9.59 Å². The molecular weight excluding hydrogens is 554 g/mol. The number of rotatable bonds is 9. The summed E-state index contributed by atoms with van der Waals surface area (Å²) in [5, 5.41) is 5.21. The van der Waals surface area contributed by atoms with Crippen molar-refractivity contribution in [3.05, 3.63) is 58.6 Å². The van der Waals surface area contributed by atoms with E-state index in [9.17, 15) is 22.8 Å². The number of halogens is 1. The number of hydrogen-bond donors (Lipinski definition) is 2. The molecular formula is C24H28BrN3O7S. The van der Waals surface area contributed by atoms with Gasteiger partial charge in [0.05, 0.1) is 18.1 Å². The van der Waals surface area contributed by atoms with Gasteiger partial charge in [0.2, 0.25) is 10.0 Å². The van der Waals surface area contributed by atoms with Gasteiger partial charge in [0, 0.05) is 28.8 Å². The van der Waals surface area contributed by atoms with Crippen LogP contribution >= 0.6 is 15.9 Å². The lowest BCUT2D eigenvalue weighted by Gasteiger charge is -2.26. The molecule has 10 nitrogen and oxygen atoms in total. The van der Waals surface area contributed by atoms with Crippen LogP contribution in [0.25, 0.3) is 0 Å². The van der Waals surface area contributed by atoms with E-state index in [0.29, 0.717) is 18.9 Å². The first-order valence-electron chi connectivity index (χ1n) is 11.3. The Balaban J connectivity index is 1.63. The van der Waals surface area contributed by atoms with Gasteiger partial charge >= 0.3 is 5.97 Å². The molecule has 1 aliphatic rings. The third kappa shape index (κ3) is 7.36. The van der Waals surface area contributed by atoms with Crippen LogP contribution in [0, 0.1) is 5.92 Å². The minimum absolute atomic E-state index is 0.0232. The maximum atomic E-state index is 12.9. The smallest absolute Gasteiger partial charge is 0.329 e. The van der Waals surface area contributed by atoms with Crippen LogP contribution in [0.3, 0.4) is 0 Å². The average Bonchev–Trinajstić information content (AvgIpc) is 2.86. The van der Waals surface area contributed by atoms with Crippen molar-refractivity contribution in [2.45, 2.75) is 24.8 Å². The zero-order valence-corrected chi connectivity index (χ0v) is 22.3. The fraction of sp³-hybridized carbons (Fsp3) is 0.375. The van der Waals surface area contributed by atoms with E-state index in [4.69, 9.17) is 9.47 Å². The molecule has 0 spiro atoms. The summed E-state index contributed by atoms with van der Waals surface area (Å²) in [6.07, 6.45) is 0.